The van der Waals surface area contributed by atoms with Crippen molar-refractivity contribution >= 4 is 37.5 Å². The Morgan fingerprint density at radius 2 is 1.18 bits per heavy atom. The summed E-state index contributed by atoms with van der Waals surface area (Å²) in [7, 11) is 11.5. The molecule has 1 atom stereocenters. The van der Waals surface area contributed by atoms with Gasteiger partial charge in [-0.15, -0.1) is 5.10 Å². The molecule has 10 nitrogen and oxygen atoms in total. The van der Waals surface area contributed by atoms with Crippen LogP contribution in [0.3, 0.4) is 0 Å². The molecule has 0 spiro atoms. The Morgan fingerprint density at radius 1 is 0.680 bits per heavy atom. The zero-order valence-electron chi connectivity index (χ0n) is 28.2. The van der Waals surface area contributed by atoms with E-state index >= 15 is 0 Å². The van der Waals surface area contributed by atoms with Crippen LogP contribution in [-0.4, -0.2) is 74.5 Å². The van der Waals surface area contributed by atoms with Gasteiger partial charge in [-0.1, -0.05) is 23.5 Å². The van der Waals surface area contributed by atoms with Gasteiger partial charge in [0.25, 0.3) is 0 Å². The predicted molar refractivity (Wildman–Crippen MR) is 198 cm³/mol. The van der Waals surface area contributed by atoms with Gasteiger partial charge in [0.1, 0.15) is 17.2 Å². The number of aliphatic imine (C=N–C) groups is 1. The first kappa shape index (κ1) is 42.7. The van der Waals surface area contributed by atoms with Crippen LogP contribution in [0.5, 0.6) is 23.0 Å². The summed E-state index contributed by atoms with van der Waals surface area (Å²) in [6, 6.07) is 30.8. The van der Waals surface area contributed by atoms with Crippen LogP contribution in [0, 0.1) is 14.1 Å². The van der Waals surface area contributed by atoms with Crippen LogP contribution >= 0.6 is 7.07 Å². The number of rotatable bonds is 18. The third kappa shape index (κ3) is 15.6. The van der Waals surface area contributed by atoms with E-state index in [1.54, 1.807) is 47.5 Å². The Labute approximate surface area is 330 Å². The molecule has 0 saturated heterocycles. The Hall–Kier alpha value is -3.45. The van der Waals surface area contributed by atoms with Gasteiger partial charge < -0.3 is 33.2 Å². The maximum absolute atomic E-state index is 5.91. The summed E-state index contributed by atoms with van der Waals surface area (Å²) in [5.41, 5.74) is 4.00. The molecule has 4 aromatic carbocycles. The minimum atomic E-state index is -1.36. The monoisotopic (exact) mass is 1050 g/mol. The smallest absolute Gasteiger partial charge is 0.540 e. The van der Waals surface area contributed by atoms with Crippen molar-refractivity contribution in [1.29, 1.82) is 0 Å². The molecule has 0 aromatic heterocycles. The molecule has 0 N–H and O–H groups in total. The fraction of sp³-hybridized carbons (Fsp3) is 0.194. The third-order valence-electron chi connectivity index (χ3n) is 6.68. The quantitative estimate of drug-likeness (QED) is 0.0347. The van der Waals surface area contributed by atoms with Crippen LogP contribution in [0.4, 0.5) is 0 Å². The predicted octanol–water partition coefficient (Wildman–Crippen LogP) is 6.99. The van der Waals surface area contributed by atoms with Crippen molar-refractivity contribution in [3.8, 4) is 23.0 Å². The normalized spacial score (nSPS) is 11.3. The first-order valence-electron chi connectivity index (χ1n) is 15.0. The van der Waals surface area contributed by atoms with Gasteiger partial charge in [-0.3, -0.25) is 14.5 Å². The van der Waals surface area contributed by atoms with Gasteiger partial charge >= 0.3 is 7.07 Å². The van der Waals surface area contributed by atoms with Crippen molar-refractivity contribution in [1.82, 2.24) is 14.7 Å². The van der Waals surface area contributed by atoms with Crippen LogP contribution in [0.1, 0.15) is 22.3 Å². The standard InChI is InChI=1S/C36H40N6O4PS.2W/c1-40(2)23-22-29-6-20-36(21-7-29)46-47(48)42(4)39-26-32-12-16-34(17-13-32)44-27-37-24-30-10-18-35(19-11-30)45-28-41(3)38-25-31-8-14-33(43-5)15-9-31;;/h6-21,24-26H,1-2,22-23,27-28H2,3-5H3;;/q-1;;/b37-24?,38-25+,39-26+;;. The molecule has 0 amide bonds. The average Bonchev–Trinajstić information content (AvgIpc) is 3.11. The molecular weight excluding hydrogens is 1010 g/mol. The van der Waals surface area contributed by atoms with Gasteiger partial charge in [0.15, 0.2) is 19.2 Å². The molecule has 4 aromatic rings. The first-order chi connectivity index (χ1) is 23.3. The molecule has 262 valence electrons. The van der Waals surface area contributed by atoms with Gasteiger partial charge in [-0.25, -0.2) is 0 Å². The van der Waals surface area contributed by atoms with E-state index in [-0.39, 0.29) is 48.9 Å². The van der Waals surface area contributed by atoms with E-state index in [0.717, 1.165) is 41.2 Å². The number of methoxy groups -OCH3 is 1. The second-order valence-corrected chi connectivity index (χ2v) is 12.7. The Kier molecular flexibility index (Phi) is 19.7. The fourth-order valence-corrected chi connectivity index (χ4v) is 4.90. The van der Waals surface area contributed by atoms with E-state index in [4.69, 9.17) is 30.5 Å². The van der Waals surface area contributed by atoms with E-state index in [1.807, 2.05) is 104 Å². The number of ether oxygens (including phenoxy) is 3. The van der Waals surface area contributed by atoms with Gasteiger partial charge in [0, 0.05) is 55.4 Å². The molecule has 0 saturated carbocycles. The van der Waals surface area contributed by atoms with Crippen molar-refractivity contribution in [3.63, 3.8) is 0 Å². The number of hydrogen-bond donors (Lipinski definition) is 0. The van der Waals surface area contributed by atoms with E-state index < -0.39 is 7.07 Å². The third-order valence-corrected chi connectivity index (χ3v) is 8.55. The van der Waals surface area contributed by atoms with Crippen LogP contribution in [0.2, 0.25) is 0 Å². The van der Waals surface area contributed by atoms with Crippen molar-refractivity contribution in [2.24, 2.45) is 15.2 Å². The molecule has 14 heteroatoms. The summed E-state index contributed by atoms with van der Waals surface area (Å²) in [4.78, 5) is 6.04. The molecule has 4 rings (SSSR count). The van der Waals surface area contributed by atoms with E-state index in [2.05, 4.69) is 29.3 Å². The minimum Gasteiger partial charge on any atom is -0.610 e. The summed E-state index contributed by atoms with van der Waals surface area (Å²) in [5.74, 6) is 2.96. The molecule has 1 unspecified atom stereocenters. The fourth-order valence-electron chi connectivity index (χ4n) is 3.96. The molecule has 0 heterocycles. The largest absolute Gasteiger partial charge is 0.610 e. The minimum absolute atomic E-state index is 0. The molecule has 0 aliphatic rings. The van der Waals surface area contributed by atoms with E-state index in [0.29, 0.717) is 18.2 Å². The van der Waals surface area contributed by atoms with Gasteiger partial charge in [0.2, 0.25) is 11.8 Å². The van der Waals surface area contributed by atoms with Gasteiger partial charge in [-0.05, 0) is 114 Å². The summed E-state index contributed by atoms with van der Waals surface area (Å²) in [6.45, 7) is 1.28. The van der Waals surface area contributed by atoms with Crippen molar-refractivity contribution in [3.05, 3.63) is 133 Å². The molecule has 0 bridgehead atoms. The summed E-state index contributed by atoms with van der Waals surface area (Å²) >= 11 is 5.53. The zero-order chi connectivity index (χ0) is 34.1. The van der Waals surface area contributed by atoms with Crippen LogP contribution < -0.4 is 18.7 Å². The van der Waals surface area contributed by atoms with Gasteiger partial charge in [-0.2, -0.15) is 5.10 Å². The molecule has 50 heavy (non-hydrogen) atoms. The Balaban J connectivity index is 0.00000433. The second kappa shape index (κ2) is 23.1. The topological polar surface area (TPSA) is 83.7 Å². The maximum Gasteiger partial charge on any atom is 0.540 e. The molecule has 0 aliphatic carbocycles. The number of hydrogen-bond acceptors (Lipinski definition) is 10. The Bertz CT molecular complexity index is 1660. The second-order valence-electron chi connectivity index (χ2n) is 10.5. The Morgan fingerprint density at radius 3 is 1.74 bits per heavy atom. The van der Waals surface area contributed by atoms with Crippen molar-refractivity contribution in [2.45, 2.75) is 6.42 Å². The molecular formula is C36H40N6O4PSW2-. The molecule has 0 aliphatic heterocycles. The van der Waals surface area contributed by atoms with E-state index in [9.17, 15) is 0 Å². The summed E-state index contributed by atoms with van der Waals surface area (Å²) in [5, 5.41) is 10.6. The van der Waals surface area contributed by atoms with Crippen molar-refractivity contribution < 1.29 is 60.9 Å². The van der Waals surface area contributed by atoms with Crippen LogP contribution in [-0.2, 0) is 60.4 Å². The number of hydrazone groups is 2. The van der Waals surface area contributed by atoms with E-state index in [1.165, 1.54) is 5.56 Å². The average molecular weight is 1050 g/mol. The van der Waals surface area contributed by atoms with Crippen LogP contribution in [0.25, 0.3) is 0 Å². The van der Waals surface area contributed by atoms with Gasteiger partial charge in [0.05, 0.1) is 26.6 Å². The maximum atomic E-state index is 5.91. The number of nitrogens with zero attached hydrogens (tertiary/aromatic N) is 6. The van der Waals surface area contributed by atoms with Crippen LogP contribution in [0.15, 0.2) is 112 Å². The molecule has 0 radical (unpaired) electrons. The summed E-state index contributed by atoms with van der Waals surface area (Å²) in [6.07, 6.45) is 6.14. The number of benzene rings is 4. The summed E-state index contributed by atoms with van der Waals surface area (Å²) < 4.78 is 24.3. The SMILES string of the molecule is [CH2-]N([CH2-])CCc1ccc(O[P+](=S)N(C)/N=C/c2ccc(OCN=Cc3ccc(OCN(C)/N=C/c4ccc(OC)cc4)cc3)cc2)cc1.[W].[W]. The first-order valence-corrected chi connectivity index (χ1v) is 17.2. The zero-order valence-corrected chi connectivity index (χ0v) is 35.8. The van der Waals surface area contributed by atoms with Crippen molar-refractivity contribution in [2.75, 3.05) is 41.2 Å². The molecule has 0 fully saturated rings.